The molecule has 1 aliphatic carbocycles. The van der Waals surface area contributed by atoms with Crippen LogP contribution in [0.1, 0.15) is 24.6 Å². The number of hydrogen-bond donors (Lipinski definition) is 1. The summed E-state index contributed by atoms with van der Waals surface area (Å²) in [5, 5.41) is 7.93. The molecule has 4 heteroatoms. The molecule has 1 N–H and O–H groups in total. The SMILES string of the molecule is COCC(CNC1CC1)n1ccc(C)n1. The zero-order chi connectivity index (χ0) is 10.7. The summed E-state index contributed by atoms with van der Waals surface area (Å²) in [5.41, 5.74) is 1.06. The molecule has 0 spiro atoms. The van der Waals surface area contributed by atoms with Gasteiger partial charge in [-0.3, -0.25) is 4.68 Å². The van der Waals surface area contributed by atoms with Crippen molar-refractivity contribution in [1.82, 2.24) is 15.1 Å². The van der Waals surface area contributed by atoms with Gasteiger partial charge in [0.15, 0.2) is 0 Å². The average Bonchev–Trinajstić information content (AvgIpc) is 2.95. The van der Waals surface area contributed by atoms with Crippen molar-refractivity contribution >= 4 is 0 Å². The third kappa shape index (κ3) is 3.04. The minimum Gasteiger partial charge on any atom is -0.382 e. The summed E-state index contributed by atoms with van der Waals surface area (Å²) in [5.74, 6) is 0. The van der Waals surface area contributed by atoms with E-state index in [1.807, 2.05) is 23.9 Å². The first-order chi connectivity index (χ1) is 7.29. The molecule has 1 saturated carbocycles. The first-order valence-corrected chi connectivity index (χ1v) is 5.53. The summed E-state index contributed by atoms with van der Waals surface area (Å²) >= 11 is 0. The van der Waals surface area contributed by atoms with Gasteiger partial charge >= 0.3 is 0 Å². The van der Waals surface area contributed by atoms with Crippen LogP contribution >= 0.6 is 0 Å². The number of aromatic nitrogens is 2. The second-order valence-corrected chi connectivity index (χ2v) is 4.23. The highest BCUT2D eigenvalue weighted by Gasteiger charge is 2.22. The Balaban J connectivity index is 1.91. The van der Waals surface area contributed by atoms with Crippen LogP contribution in [0.2, 0.25) is 0 Å². The first-order valence-electron chi connectivity index (χ1n) is 5.53. The molecule has 0 saturated heterocycles. The Morgan fingerprint density at radius 3 is 3.00 bits per heavy atom. The van der Waals surface area contributed by atoms with Gasteiger partial charge < -0.3 is 10.1 Å². The van der Waals surface area contributed by atoms with Gasteiger partial charge in [-0.15, -0.1) is 0 Å². The highest BCUT2D eigenvalue weighted by Crippen LogP contribution is 2.19. The first kappa shape index (κ1) is 10.6. The van der Waals surface area contributed by atoms with E-state index in [2.05, 4.69) is 10.4 Å². The number of hydrogen-bond acceptors (Lipinski definition) is 3. The lowest BCUT2D eigenvalue weighted by molar-refractivity contribution is 0.148. The molecule has 0 bridgehead atoms. The van der Waals surface area contributed by atoms with Crippen molar-refractivity contribution in [3.8, 4) is 0 Å². The van der Waals surface area contributed by atoms with E-state index in [0.717, 1.165) is 18.3 Å². The van der Waals surface area contributed by atoms with Crippen molar-refractivity contribution in [2.75, 3.05) is 20.3 Å². The van der Waals surface area contributed by atoms with Gasteiger partial charge in [0, 0.05) is 25.9 Å². The maximum atomic E-state index is 5.22. The summed E-state index contributed by atoms with van der Waals surface area (Å²) in [6, 6.07) is 3.07. The van der Waals surface area contributed by atoms with Gasteiger partial charge in [0.1, 0.15) is 0 Å². The second kappa shape index (κ2) is 4.77. The summed E-state index contributed by atoms with van der Waals surface area (Å²) in [6.45, 7) is 3.66. The molecule has 1 aromatic rings. The fourth-order valence-corrected chi connectivity index (χ4v) is 1.65. The molecule has 1 aromatic heterocycles. The average molecular weight is 209 g/mol. The van der Waals surface area contributed by atoms with E-state index in [9.17, 15) is 0 Å². The van der Waals surface area contributed by atoms with Gasteiger partial charge in [-0.2, -0.15) is 5.10 Å². The Bertz CT molecular complexity index is 307. The van der Waals surface area contributed by atoms with E-state index in [0.29, 0.717) is 12.6 Å². The van der Waals surface area contributed by atoms with Crippen LogP contribution in [0.5, 0.6) is 0 Å². The van der Waals surface area contributed by atoms with Crippen LogP contribution < -0.4 is 5.32 Å². The Morgan fingerprint density at radius 2 is 2.47 bits per heavy atom. The van der Waals surface area contributed by atoms with E-state index >= 15 is 0 Å². The lowest BCUT2D eigenvalue weighted by atomic mass is 10.3. The van der Waals surface area contributed by atoms with E-state index in [1.54, 1.807) is 7.11 Å². The van der Waals surface area contributed by atoms with E-state index in [4.69, 9.17) is 4.74 Å². The number of nitrogens with zero attached hydrogens (tertiary/aromatic N) is 2. The number of methoxy groups -OCH3 is 1. The van der Waals surface area contributed by atoms with Crippen LogP contribution in [0.3, 0.4) is 0 Å². The smallest absolute Gasteiger partial charge is 0.0876 e. The minimum absolute atomic E-state index is 0.310. The highest BCUT2D eigenvalue weighted by atomic mass is 16.5. The molecule has 1 unspecified atom stereocenters. The predicted octanol–water partition coefficient (Wildman–Crippen LogP) is 1.13. The molecular formula is C11H19N3O. The fourth-order valence-electron chi connectivity index (χ4n) is 1.65. The maximum absolute atomic E-state index is 5.22. The number of aryl methyl sites for hydroxylation is 1. The Morgan fingerprint density at radius 1 is 1.67 bits per heavy atom. The molecule has 4 nitrogen and oxygen atoms in total. The molecule has 0 aromatic carbocycles. The monoisotopic (exact) mass is 209 g/mol. The van der Waals surface area contributed by atoms with Crippen molar-refractivity contribution in [2.24, 2.45) is 0 Å². The maximum Gasteiger partial charge on any atom is 0.0876 e. The molecule has 0 amide bonds. The predicted molar refractivity (Wildman–Crippen MR) is 58.9 cm³/mol. The van der Waals surface area contributed by atoms with E-state index in [-0.39, 0.29) is 0 Å². The fraction of sp³-hybridized carbons (Fsp3) is 0.727. The molecule has 1 heterocycles. The largest absolute Gasteiger partial charge is 0.382 e. The number of ether oxygens (including phenoxy) is 1. The van der Waals surface area contributed by atoms with Gasteiger partial charge in [0.05, 0.1) is 18.3 Å². The van der Waals surface area contributed by atoms with Gasteiger partial charge in [-0.05, 0) is 25.8 Å². The van der Waals surface area contributed by atoms with Gasteiger partial charge in [0.25, 0.3) is 0 Å². The number of nitrogens with one attached hydrogen (secondary N) is 1. The van der Waals surface area contributed by atoms with Crippen molar-refractivity contribution in [3.05, 3.63) is 18.0 Å². The normalized spacial score (nSPS) is 18.0. The van der Waals surface area contributed by atoms with Crippen LogP contribution in [0.25, 0.3) is 0 Å². The molecule has 15 heavy (non-hydrogen) atoms. The van der Waals surface area contributed by atoms with Crippen LogP contribution in [0.4, 0.5) is 0 Å². The van der Waals surface area contributed by atoms with Gasteiger partial charge in [-0.25, -0.2) is 0 Å². The summed E-state index contributed by atoms with van der Waals surface area (Å²) in [7, 11) is 1.74. The summed E-state index contributed by atoms with van der Waals surface area (Å²) in [4.78, 5) is 0. The van der Waals surface area contributed by atoms with Crippen molar-refractivity contribution in [2.45, 2.75) is 31.8 Å². The highest BCUT2D eigenvalue weighted by molar-refractivity contribution is 4.96. The summed E-state index contributed by atoms with van der Waals surface area (Å²) in [6.07, 6.45) is 4.66. The lowest BCUT2D eigenvalue weighted by Crippen LogP contribution is -2.30. The van der Waals surface area contributed by atoms with E-state index in [1.165, 1.54) is 12.8 Å². The zero-order valence-electron chi connectivity index (χ0n) is 9.44. The standard InChI is InChI=1S/C11H19N3O/c1-9-5-6-14(13-9)11(8-15-2)7-12-10-3-4-10/h5-6,10-12H,3-4,7-8H2,1-2H3. The Labute approximate surface area is 90.6 Å². The lowest BCUT2D eigenvalue weighted by Gasteiger charge is -2.17. The van der Waals surface area contributed by atoms with Crippen molar-refractivity contribution < 1.29 is 4.74 Å². The molecule has 1 aliphatic rings. The zero-order valence-corrected chi connectivity index (χ0v) is 9.44. The van der Waals surface area contributed by atoms with Crippen LogP contribution in [-0.4, -0.2) is 36.1 Å². The quantitative estimate of drug-likeness (QED) is 0.763. The van der Waals surface area contributed by atoms with Crippen LogP contribution in [0.15, 0.2) is 12.3 Å². The van der Waals surface area contributed by atoms with Gasteiger partial charge in [-0.1, -0.05) is 0 Å². The van der Waals surface area contributed by atoms with Crippen LogP contribution in [0, 0.1) is 6.92 Å². The number of rotatable bonds is 6. The third-order valence-electron chi connectivity index (χ3n) is 2.69. The molecule has 84 valence electrons. The van der Waals surface area contributed by atoms with Gasteiger partial charge in [0.2, 0.25) is 0 Å². The van der Waals surface area contributed by atoms with Crippen molar-refractivity contribution in [3.63, 3.8) is 0 Å². The van der Waals surface area contributed by atoms with Crippen molar-refractivity contribution in [1.29, 1.82) is 0 Å². The molecular weight excluding hydrogens is 190 g/mol. The van der Waals surface area contributed by atoms with Crippen LogP contribution in [-0.2, 0) is 4.74 Å². The molecule has 0 radical (unpaired) electrons. The third-order valence-corrected chi connectivity index (χ3v) is 2.69. The minimum atomic E-state index is 0.310. The Hall–Kier alpha value is -0.870. The topological polar surface area (TPSA) is 39.1 Å². The Kier molecular flexibility index (Phi) is 3.38. The molecule has 1 fully saturated rings. The van der Waals surface area contributed by atoms with E-state index < -0.39 is 0 Å². The second-order valence-electron chi connectivity index (χ2n) is 4.23. The summed E-state index contributed by atoms with van der Waals surface area (Å²) < 4.78 is 7.21. The molecule has 2 rings (SSSR count). The molecule has 1 atom stereocenters. The molecule has 0 aliphatic heterocycles.